The number of hydrogen-bond acceptors (Lipinski definition) is 2. The van der Waals surface area contributed by atoms with Crippen molar-refractivity contribution in [2.45, 2.75) is 0 Å². The summed E-state index contributed by atoms with van der Waals surface area (Å²) in [6.07, 6.45) is 6.58. The minimum atomic E-state index is 0.789. The Labute approximate surface area is 52.6 Å². The van der Waals surface area contributed by atoms with Gasteiger partial charge in [-0.05, 0) is 6.07 Å². The van der Waals surface area contributed by atoms with Gasteiger partial charge in [0.2, 0.25) is 0 Å². The van der Waals surface area contributed by atoms with Crippen molar-refractivity contribution in [3.05, 3.63) is 29.0 Å². The molecule has 0 unspecified atom stereocenters. The summed E-state index contributed by atoms with van der Waals surface area (Å²) >= 11 is 0. The van der Waals surface area contributed by atoms with Gasteiger partial charge < -0.3 is 0 Å². The summed E-state index contributed by atoms with van der Waals surface area (Å²) in [5.74, 6) is 0. The summed E-state index contributed by atoms with van der Waals surface area (Å²) in [6, 6.07) is 1.90. The summed E-state index contributed by atoms with van der Waals surface area (Å²) in [5, 5.41) is 2.06. The zero-order valence-electron chi connectivity index (χ0n) is 4.83. The Balaban J connectivity index is 2.97. The quantitative estimate of drug-likeness (QED) is 0.441. The van der Waals surface area contributed by atoms with Gasteiger partial charge in [0.15, 0.2) is 0 Å². The van der Waals surface area contributed by atoms with Crippen LogP contribution in [-0.4, -0.2) is 11.5 Å². The molecule has 1 aliphatic rings. The van der Waals surface area contributed by atoms with Gasteiger partial charge >= 0.3 is 0 Å². The van der Waals surface area contributed by atoms with Crippen molar-refractivity contribution < 1.29 is 0 Å². The van der Waals surface area contributed by atoms with Gasteiger partial charge in [-0.2, -0.15) is 0 Å². The van der Waals surface area contributed by atoms with E-state index in [0.29, 0.717) is 0 Å². The van der Waals surface area contributed by atoms with Gasteiger partial charge in [-0.3, -0.25) is 9.98 Å². The van der Waals surface area contributed by atoms with Crippen LogP contribution in [0.5, 0.6) is 0 Å². The van der Waals surface area contributed by atoms with Gasteiger partial charge in [0.25, 0.3) is 0 Å². The largest absolute Gasteiger partial charge is 0.280 e. The van der Waals surface area contributed by atoms with Crippen molar-refractivity contribution in [3.8, 4) is 0 Å². The Morgan fingerprint density at radius 3 is 3.44 bits per heavy atom. The molecule has 2 heteroatoms. The topological polar surface area (TPSA) is 25.2 Å². The fourth-order valence-corrected chi connectivity index (χ4v) is 0.885. The minimum absolute atomic E-state index is 0.789. The molecule has 0 aromatic carbocycles. The third-order valence-electron chi connectivity index (χ3n) is 1.32. The summed E-state index contributed by atoms with van der Waals surface area (Å²) in [4.78, 5) is 8.01. The fourth-order valence-electron chi connectivity index (χ4n) is 0.885. The normalized spacial score (nSPS) is 13.8. The van der Waals surface area contributed by atoms with Crippen LogP contribution in [0.3, 0.4) is 0 Å². The smallest absolute Gasteiger partial charge is 0.0984 e. The van der Waals surface area contributed by atoms with E-state index in [2.05, 4.69) is 16.2 Å². The molecule has 0 saturated carbocycles. The molecular weight excluding hydrogens is 112 g/mol. The third-order valence-corrected chi connectivity index (χ3v) is 1.32. The Hall–Kier alpha value is -1.18. The zero-order valence-corrected chi connectivity index (χ0v) is 4.83. The van der Waals surface area contributed by atoms with Crippen LogP contribution in [0.25, 0.3) is 6.08 Å². The molecule has 9 heavy (non-hydrogen) atoms. The van der Waals surface area contributed by atoms with Gasteiger partial charge in [0.05, 0.1) is 18.1 Å². The lowest BCUT2D eigenvalue weighted by Gasteiger charge is -1.76. The number of pyridine rings is 1. The van der Waals surface area contributed by atoms with Crippen molar-refractivity contribution in [1.82, 2.24) is 4.98 Å². The lowest BCUT2D eigenvalue weighted by Crippen LogP contribution is -2.21. The van der Waals surface area contributed by atoms with E-state index >= 15 is 0 Å². The number of rotatable bonds is 0. The Morgan fingerprint density at radius 2 is 2.56 bits per heavy atom. The van der Waals surface area contributed by atoms with E-state index in [0.717, 1.165) is 17.1 Å². The molecule has 1 aromatic rings. The van der Waals surface area contributed by atoms with Gasteiger partial charge in [-0.25, -0.2) is 0 Å². The first-order chi connectivity index (χ1) is 4.47. The van der Waals surface area contributed by atoms with E-state index in [1.807, 2.05) is 12.1 Å². The van der Waals surface area contributed by atoms with Gasteiger partial charge in [0, 0.05) is 11.4 Å². The van der Waals surface area contributed by atoms with Crippen LogP contribution in [0.2, 0.25) is 0 Å². The lowest BCUT2D eigenvalue weighted by atomic mass is 10.4. The zero-order chi connectivity index (χ0) is 6.10. The highest BCUT2D eigenvalue weighted by atomic mass is 14.7. The molecule has 0 bridgehead atoms. The molecule has 2 rings (SSSR count). The van der Waals surface area contributed by atoms with Crippen LogP contribution in [-0.2, 0) is 0 Å². The highest BCUT2D eigenvalue weighted by Crippen LogP contribution is 1.75. The predicted molar refractivity (Wildman–Crippen MR) is 33.2 cm³/mol. The SMILES string of the molecule is [c]1nccc2c1=CCN=2. The minimum Gasteiger partial charge on any atom is -0.280 e. The van der Waals surface area contributed by atoms with Gasteiger partial charge in [-0.15, -0.1) is 0 Å². The average molecular weight is 117 g/mol. The van der Waals surface area contributed by atoms with E-state index in [1.54, 1.807) is 6.20 Å². The molecule has 0 N–H and O–H groups in total. The van der Waals surface area contributed by atoms with Crippen LogP contribution in [0, 0.1) is 6.20 Å². The van der Waals surface area contributed by atoms with E-state index in [-0.39, 0.29) is 0 Å². The second kappa shape index (κ2) is 1.65. The molecule has 1 aromatic heterocycles. The number of nitrogens with zero attached hydrogens (tertiary/aromatic N) is 2. The first kappa shape index (κ1) is 4.68. The van der Waals surface area contributed by atoms with E-state index < -0.39 is 0 Å². The molecule has 1 radical (unpaired) electrons. The number of aromatic nitrogens is 1. The maximum Gasteiger partial charge on any atom is 0.0984 e. The summed E-state index contributed by atoms with van der Waals surface area (Å²) in [5.41, 5.74) is 0. The second-order valence-electron chi connectivity index (χ2n) is 1.90. The first-order valence-corrected chi connectivity index (χ1v) is 2.84. The number of fused-ring (bicyclic) bond motifs is 1. The van der Waals surface area contributed by atoms with Crippen LogP contribution < -0.4 is 10.6 Å². The first-order valence-electron chi connectivity index (χ1n) is 2.84. The van der Waals surface area contributed by atoms with Crippen molar-refractivity contribution >= 4 is 6.08 Å². The van der Waals surface area contributed by atoms with Gasteiger partial charge in [-0.1, -0.05) is 6.08 Å². The molecule has 0 amide bonds. The van der Waals surface area contributed by atoms with E-state index in [1.165, 1.54) is 0 Å². The molecule has 43 valence electrons. The molecule has 0 saturated heterocycles. The molecule has 0 spiro atoms. The maximum absolute atomic E-state index is 4.17. The summed E-state index contributed by atoms with van der Waals surface area (Å²) in [6.45, 7) is 0.789. The highest BCUT2D eigenvalue weighted by molar-refractivity contribution is 5.26. The maximum atomic E-state index is 4.17. The van der Waals surface area contributed by atoms with E-state index in [4.69, 9.17) is 0 Å². The van der Waals surface area contributed by atoms with Crippen LogP contribution in [0.4, 0.5) is 0 Å². The molecule has 2 heterocycles. The van der Waals surface area contributed by atoms with Crippen LogP contribution in [0.15, 0.2) is 17.3 Å². The average Bonchev–Trinajstić information content (AvgIpc) is 2.33. The highest BCUT2D eigenvalue weighted by Gasteiger charge is 1.90. The van der Waals surface area contributed by atoms with Gasteiger partial charge in [0.1, 0.15) is 0 Å². The second-order valence-corrected chi connectivity index (χ2v) is 1.90. The summed E-state index contributed by atoms with van der Waals surface area (Å²) < 4.78 is 0. The molecular formula is C7H5N2. The van der Waals surface area contributed by atoms with Crippen molar-refractivity contribution in [3.63, 3.8) is 0 Å². The molecule has 0 fully saturated rings. The standard InChI is InChI=1S/C7H5N2/c1-4-9-7-2-3-8-5-6(1)7/h1-3H,4H2. The molecule has 0 atom stereocenters. The Bertz CT molecular complexity index is 294. The monoisotopic (exact) mass is 117 g/mol. The van der Waals surface area contributed by atoms with Crippen LogP contribution in [0.1, 0.15) is 0 Å². The third kappa shape index (κ3) is 0.633. The molecule has 1 aliphatic heterocycles. The molecule has 0 aliphatic carbocycles. The number of hydrogen-bond donors (Lipinski definition) is 0. The predicted octanol–water partition coefficient (Wildman–Crippen LogP) is -0.705. The fraction of sp³-hybridized carbons (Fsp3) is 0.143. The van der Waals surface area contributed by atoms with Crippen molar-refractivity contribution in [2.75, 3.05) is 6.54 Å². The Morgan fingerprint density at radius 1 is 1.56 bits per heavy atom. The molecule has 2 nitrogen and oxygen atoms in total. The van der Waals surface area contributed by atoms with Crippen molar-refractivity contribution in [1.29, 1.82) is 0 Å². The van der Waals surface area contributed by atoms with E-state index in [9.17, 15) is 0 Å². The summed E-state index contributed by atoms with van der Waals surface area (Å²) in [7, 11) is 0. The van der Waals surface area contributed by atoms with Crippen LogP contribution >= 0.6 is 0 Å². The van der Waals surface area contributed by atoms with Crippen molar-refractivity contribution in [2.24, 2.45) is 4.99 Å². The lowest BCUT2D eigenvalue weighted by molar-refractivity contribution is 1.18. The Kier molecular flexibility index (Phi) is 0.859.